The number of hydrogen-bond donors (Lipinski definition) is 0. The number of hydrogen-bond acceptors (Lipinski definition) is 6. The lowest BCUT2D eigenvalue weighted by Crippen LogP contribution is -2.36. The van der Waals surface area contributed by atoms with Gasteiger partial charge in [0.2, 0.25) is 0 Å². The lowest BCUT2D eigenvalue weighted by Gasteiger charge is -2.21. The quantitative estimate of drug-likeness (QED) is 0.413. The van der Waals surface area contributed by atoms with Crippen LogP contribution in [0.25, 0.3) is 0 Å². The van der Waals surface area contributed by atoms with Gasteiger partial charge in [0.15, 0.2) is 11.5 Å². The zero-order chi connectivity index (χ0) is 20.1. The standard InChI is InChI=1S/C20H20N2O6/c1-27-18-10-16(20(24)21-9-5-8-15(21)12-23)17(22(25)26)11-19(18)28-13-14-6-3-2-4-7-14/h2-4,6-7,10-12,15H,5,8-9,13H2,1H3. The molecule has 0 aliphatic carbocycles. The first kappa shape index (κ1) is 19.3. The average Bonchev–Trinajstić information content (AvgIpc) is 3.20. The summed E-state index contributed by atoms with van der Waals surface area (Å²) in [6, 6.07) is 11.3. The fourth-order valence-corrected chi connectivity index (χ4v) is 3.22. The molecule has 1 aliphatic rings. The van der Waals surface area contributed by atoms with Crippen LogP contribution in [0.4, 0.5) is 5.69 Å². The highest BCUT2D eigenvalue weighted by atomic mass is 16.6. The van der Waals surface area contributed by atoms with Crippen molar-refractivity contribution in [1.82, 2.24) is 4.90 Å². The average molecular weight is 384 g/mol. The van der Waals surface area contributed by atoms with Crippen LogP contribution in [0.3, 0.4) is 0 Å². The van der Waals surface area contributed by atoms with E-state index < -0.39 is 16.9 Å². The van der Waals surface area contributed by atoms with E-state index in [0.29, 0.717) is 25.7 Å². The third-order valence-electron chi connectivity index (χ3n) is 4.66. The lowest BCUT2D eigenvalue weighted by molar-refractivity contribution is -0.385. The summed E-state index contributed by atoms with van der Waals surface area (Å²) in [6.45, 7) is 0.578. The second-order valence-corrected chi connectivity index (χ2v) is 6.40. The summed E-state index contributed by atoms with van der Waals surface area (Å²) in [7, 11) is 1.40. The van der Waals surface area contributed by atoms with Crippen molar-refractivity contribution in [2.75, 3.05) is 13.7 Å². The Morgan fingerprint density at radius 1 is 1.29 bits per heavy atom. The van der Waals surface area contributed by atoms with E-state index in [1.165, 1.54) is 24.1 Å². The van der Waals surface area contributed by atoms with Crippen LogP contribution >= 0.6 is 0 Å². The largest absolute Gasteiger partial charge is 0.493 e. The molecule has 1 heterocycles. The van der Waals surface area contributed by atoms with E-state index in [2.05, 4.69) is 0 Å². The molecule has 0 bridgehead atoms. The minimum Gasteiger partial charge on any atom is -0.493 e. The third-order valence-corrected chi connectivity index (χ3v) is 4.66. The number of nitro benzene ring substituents is 1. The molecule has 8 heteroatoms. The number of ether oxygens (including phenoxy) is 2. The number of rotatable bonds is 7. The normalized spacial score (nSPS) is 15.9. The van der Waals surface area contributed by atoms with Crippen LogP contribution in [0.5, 0.6) is 11.5 Å². The molecule has 28 heavy (non-hydrogen) atoms. The monoisotopic (exact) mass is 384 g/mol. The number of amides is 1. The first-order valence-electron chi connectivity index (χ1n) is 8.84. The molecule has 0 aromatic heterocycles. The summed E-state index contributed by atoms with van der Waals surface area (Å²) in [5.74, 6) is -0.177. The van der Waals surface area contributed by atoms with Gasteiger partial charge in [0, 0.05) is 12.6 Å². The maximum absolute atomic E-state index is 12.9. The smallest absolute Gasteiger partial charge is 0.286 e. The Hall–Kier alpha value is -3.42. The van der Waals surface area contributed by atoms with Gasteiger partial charge in [-0.3, -0.25) is 14.9 Å². The second kappa shape index (κ2) is 8.51. The molecule has 0 saturated carbocycles. The molecule has 1 atom stereocenters. The van der Waals surface area contributed by atoms with Crippen molar-refractivity contribution in [1.29, 1.82) is 0 Å². The number of nitro groups is 1. The number of aldehydes is 1. The van der Waals surface area contributed by atoms with Crippen molar-refractivity contribution < 1.29 is 24.0 Å². The molecular weight excluding hydrogens is 364 g/mol. The highest BCUT2D eigenvalue weighted by Gasteiger charge is 2.34. The molecule has 8 nitrogen and oxygen atoms in total. The Morgan fingerprint density at radius 2 is 2.04 bits per heavy atom. The summed E-state index contributed by atoms with van der Waals surface area (Å²) < 4.78 is 11.0. The van der Waals surface area contributed by atoms with Crippen LogP contribution in [0, 0.1) is 10.1 Å². The van der Waals surface area contributed by atoms with Crippen LogP contribution in [-0.2, 0) is 11.4 Å². The Balaban J connectivity index is 1.93. The molecule has 0 spiro atoms. The molecule has 1 saturated heterocycles. The van der Waals surface area contributed by atoms with E-state index in [1.807, 2.05) is 30.3 Å². The highest BCUT2D eigenvalue weighted by molar-refractivity contribution is 6.00. The molecule has 1 amide bonds. The van der Waals surface area contributed by atoms with Crippen LogP contribution in [-0.4, -0.2) is 41.7 Å². The summed E-state index contributed by atoms with van der Waals surface area (Å²) in [6.07, 6.45) is 1.93. The Kier molecular flexibility index (Phi) is 5.88. The molecule has 2 aromatic carbocycles. The number of benzene rings is 2. The van der Waals surface area contributed by atoms with Crippen molar-refractivity contribution in [2.24, 2.45) is 0 Å². The van der Waals surface area contributed by atoms with Gasteiger partial charge in [-0.2, -0.15) is 0 Å². The fraction of sp³-hybridized carbons (Fsp3) is 0.300. The topological polar surface area (TPSA) is 99.0 Å². The molecule has 1 fully saturated rings. The molecule has 3 rings (SSSR count). The van der Waals surface area contributed by atoms with Crippen molar-refractivity contribution in [2.45, 2.75) is 25.5 Å². The van der Waals surface area contributed by atoms with E-state index in [0.717, 1.165) is 5.56 Å². The molecule has 0 N–H and O–H groups in total. The van der Waals surface area contributed by atoms with Crippen LogP contribution in [0.1, 0.15) is 28.8 Å². The van der Waals surface area contributed by atoms with Gasteiger partial charge >= 0.3 is 0 Å². The zero-order valence-electron chi connectivity index (χ0n) is 15.4. The van der Waals surface area contributed by atoms with E-state index in [-0.39, 0.29) is 29.4 Å². The Morgan fingerprint density at radius 3 is 2.68 bits per heavy atom. The van der Waals surface area contributed by atoms with Crippen molar-refractivity contribution in [3.05, 3.63) is 63.7 Å². The molecular formula is C20H20N2O6. The predicted molar refractivity (Wildman–Crippen MR) is 101 cm³/mol. The van der Waals surface area contributed by atoms with Crippen molar-refractivity contribution in [3.63, 3.8) is 0 Å². The first-order chi connectivity index (χ1) is 13.5. The van der Waals surface area contributed by atoms with Gasteiger partial charge < -0.3 is 19.2 Å². The van der Waals surface area contributed by atoms with Crippen LogP contribution in [0.2, 0.25) is 0 Å². The maximum atomic E-state index is 12.9. The van der Waals surface area contributed by atoms with E-state index in [1.54, 1.807) is 0 Å². The van der Waals surface area contributed by atoms with E-state index in [4.69, 9.17) is 9.47 Å². The van der Waals surface area contributed by atoms with E-state index >= 15 is 0 Å². The molecule has 146 valence electrons. The van der Waals surface area contributed by atoms with Gasteiger partial charge in [-0.1, -0.05) is 30.3 Å². The van der Waals surface area contributed by atoms with Gasteiger partial charge in [-0.25, -0.2) is 0 Å². The highest BCUT2D eigenvalue weighted by Crippen LogP contribution is 2.36. The predicted octanol–water partition coefficient (Wildman–Crippen LogP) is 2.99. The minimum absolute atomic E-state index is 0.123. The van der Waals surface area contributed by atoms with Crippen molar-refractivity contribution >= 4 is 17.9 Å². The first-order valence-corrected chi connectivity index (χ1v) is 8.84. The summed E-state index contributed by atoms with van der Waals surface area (Å²) in [4.78, 5) is 36.4. The SMILES string of the molecule is COc1cc(C(=O)N2CCCC2C=O)c([N+](=O)[O-])cc1OCc1ccccc1. The molecule has 1 aliphatic heterocycles. The number of carbonyl (C=O) groups excluding carboxylic acids is 2. The van der Waals surface area contributed by atoms with Crippen LogP contribution in [0.15, 0.2) is 42.5 Å². The number of methoxy groups -OCH3 is 1. The second-order valence-electron chi connectivity index (χ2n) is 6.40. The third kappa shape index (κ3) is 3.95. The molecule has 0 radical (unpaired) electrons. The summed E-state index contributed by atoms with van der Waals surface area (Å²) in [5, 5.41) is 11.6. The fourth-order valence-electron chi connectivity index (χ4n) is 3.22. The van der Waals surface area contributed by atoms with Gasteiger partial charge in [0.05, 0.1) is 24.1 Å². The van der Waals surface area contributed by atoms with Gasteiger partial charge in [0.25, 0.3) is 11.6 Å². The zero-order valence-corrected chi connectivity index (χ0v) is 15.4. The Bertz CT molecular complexity index is 884. The Labute approximate surface area is 161 Å². The van der Waals surface area contributed by atoms with Gasteiger partial charge in [0.1, 0.15) is 18.5 Å². The number of nitrogens with zero attached hydrogens (tertiary/aromatic N) is 2. The number of carbonyl (C=O) groups is 2. The van der Waals surface area contributed by atoms with Gasteiger partial charge in [-0.15, -0.1) is 0 Å². The van der Waals surface area contributed by atoms with Gasteiger partial charge in [-0.05, 0) is 18.4 Å². The number of likely N-dealkylation sites (tertiary alicyclic amines) is 1. The van der Waals surface area contributed by atoms with Crippen LogP contribution < -0.4 is 9.47 Å². The maximum Gasteiger partial charge on any atom is 0.286 e. The van der Waals surface area contributed by atoms with E-state index in [9.17, 15) is 19.7 Å². The molecule has 1 unspecified atom stereocenters. The van der Waals surface area contributed by atoms with Crippen molar-refractivity contribution in [3.8, 4) is 11.5 Å². The minimum atomic E-state index is -0.631. The summed E-state index contributed by atoms with van der Waals surface area (Å²) in [5.41, 5.74) is 0.381. The summed E-state index contributed by atoms with van der Waals surface area (Å²) >= 11 is 0. The molecule has 2 aromatic rings. The lowest BCUT2D eigenvalue weighted by atomic mass is 10.1.